The standard InChI is InChI=1S/C18H13F3N2O/c19-18(20,21)14-3-1-2-11(9-14)12-4-5-15-13(8-12)10-24-16(15)17-22-6-7-23-17/h1-5,8-10H,6-7H2,(H,22,23). The molecule has 1 N–H and O–H groups in total. The topological polar surface area (TPSA) is 37.5 Å². The van der Waals surface area contributed by atoms with E-state index in [-0.39, 0.29) is 0 Å². The van der Waals surface area contributed by atoms with Gasteiger partial charge in [-0.05, 0) is 35.4 Å². The lowest BCUT2D eigenvalue weighted by Gasteiger charge is -2.09. The van der Waals surface area contributed by atoms with Crippen molar-refractivity contribution in [3.05, 3.63) is 60.1 Å². The summed E-state index contributed by atoms with van der Waals surface area (Å²) in [5, 5.41) is 4.87. The number of furan rings is 1. The molecule has 0 saturated heterocycles. The van der Waals surface area contributed by atoms with Crippen LogP contribution in [0.4, 0.5) is 13.2 Å². The zero-order valence-electron chi connectivity index (χ0n) is 12.5. The number of alkyl halides is 3. The van der Waals surface area contributed by atoms with E-state index in [2.05, 4.69) is 10.3 Å². The summed E-state index contributed by atoms with van der Waals surface area (Å²) in [6.45, 7) is 1.49. The van der Waals surface area contributed by atoms with Gasteiger partial charge in [0.1, 0.15) is 0 Å². The van der Waals surface area contributed by atoms with Gasteiger partial charge < -0.3 is 9.73 Å². The molecule has 0 amide bonds. The van der Waals surface area contributed by atoms with Crippen molar-refractivity contribution in [3.63, 3.8) is 0 Å². The van der Waals surface area contributed by atoms with Crippen LogP contribution in [0, 0.1) is 0 Å². The van der Waals surface area contributed by atoms with E-state index in [4.69, 9.17) is 4.42 Å². The Labute approximate surface area is 135 Å². The molecule has 0 aliphatic carbocycles. The predicted octanol–water partition coefficient (Wildman–Crippen LogP) is 4.47. The average Bonchev–Trinajstić information content (AvgIpc) is 3.22. The van der Waals surface area contributed by atoms with Gasteiger partial charge in [0.15, 0.2) is 11.6 Å². The van der Waals surface area contributed by atoms with Crippen LogP contribution in [0.3, 0.4) is 0 Å². The SMILES string of the molecule is FC(F)(F)c1cccc(-c2ccc3c(C4=NCCN4)occ3c2)c1. The van der Waals surface area contributed by atoms with Gasteiger partial charge in [-0.1, -0.05) is 18.2 Å². The highest BCUT2D eigenvalue weighted by atomic mass is 19.4. The van der Waals surface area contributed by atoms with Gasteiger partial charge in [0, 0.05) is 17.3 Å². The van der Waals surface area contributed by atoms with E-state index in [9.17, 15) is 13.2 Å². The number of benzene rings is 2. The second-order valence-corrected chi connectivity index (χ2v) is 5.60. The Morgan fingerprint density at radius 2 is 1.88 bits per heavy atom. The van der Waals surface area contributed by atoms with Crippen molar-refractivity contribution in [3.8, 4) is 11.1 Å². The van der Waals surface area contributed by atoms with Crippen LogP contribution in [-0.4, -0.2) is 18.9 Å². The number of nitrogens with one attached hydrogen (secondary N) is 1. The normalized spacial score (nSPS) is 14.7. The number of aliphatic imine (C=N–C) groups is 1. The molecule has 2 heterocycles. The van der Waals surface area contributed by atoms with Crippen molar-refractivity contribution in [2.24, 2.45) is 4.99 Å². The Kier molecular flexibility index (Phi) is 3.33. The van der Waals surface area contributed by atoms with E-state index in [1.807, 2.05) is 12.1 Å². The van der Waals surface area contributed by atoms with E-state index in [1.165, 1.54) is 6.07 Å². The molecule has 4 rings (SSSR count). The van der Waals surface area contributed by atoms with Gasteiger partial charge in [-0.15, -0.1) is 0 Å². The third-order valence-corrected chi connectivity index (χ3v) is 4.01. The third-order valence-electron chi connectivity index (χ3n) is 4.01. The van der Waals surface area contributed by atoms with Crippen LogP contribution in [0.1, 0.15) is 11.3 Å². The molecule has 122 valence electrons. The highest BCUT2D eigenvalue weighted by Crippen LogP contribution is 2.33. The van der Waals surface area contributed by atoms with Crippen LogP contribution in [-0.2, 0) is 6.18 Å². The predicted molar refractivity (Wildman–Crippen MR) is 86.1 cm³/mol. The summed E-state index contributed by atoms with van der Waals surface area (Å²) in [7, 11) is 0. The second-order valence-electron chi connectivity index (χ2n) is 5.60. The summed E-state index contributed by atoms with van der Waals surface area (Å²) in [4.78, 5) is 4.33. The molecule has 1 aliphatic rings. The molecule has 0 unspecified atom stereocenters. The van der Waals surface area contributed by atoms with Crippen LogP contribution >= 0.6 is 0 Å². The van der Waals surface area contributed by atoms with Gasteiger partial charge in [-0.2, -0.15) is 13.2 Å². The number of fused-ring (bicyclic) bond motifs is 1. The fourth-order valence-electron chi connectivity index (χ4n) is 2.84. The molecule has 2 aromatic carbocycles. The number of hydrogen-bond acceptors (Lipinski definition) is 3. The maximum absolute atomic E-state index is 12.9. The minimum absolute atomic E-state index is 0.519. The molecule has 0 spiro atoms. The molecule has 0 saturated carbocycles. The molecule has 3 nitrogen and oxygen atoms in total. The zero-order valence-corrected chi connectivity index (χ0v) is 12.5. The van der Waals surface area contributed by atoms with Gasteiger partial charge >= 0.3 is 6.18 Å². The van der Waals surface area contributed by atoms with Crippen molar-refractivity contribution >= 4 is 16.6 Å². The molecule has 0 radical (unpaired) electrons. The van der Waals surface area contributed by atoms with Crippen LogP contribution in [0.25, 0.3) is 21.9 Å². The van der Waals surface area contributed by atoms with E-state index in [0.29, 0.717) is 23.4 Å². The molecule has 3 aromatic rings. The second kappa shape index (κ2) is 5.40. The fourth-order valence-corrected chi connectivity index (χ4v) is 2.84. The highest BCUT2D eigenvalue weighted by molar-refractivity contribution is 6.08. The molecule has 1 aliphatic heterocycles. The lowest BCUT2D eigenvalue weighted by molar-refractivity contribution is -0.137. The minimum atomic E-state index is -4.35. The summed E-state index contributed by atoms with van der Waals surface area (Å²) in [5.41, 5.74) is 0.575. The molecule has 0 atom stereocenters. The first kappa shape index (κ1) is 14.8. The Balaban J connectivity index is 1.76. The Hall–Kier alpha value is -2.76. The van der Waals surface area contributed by atoms with E-state index in [1.54, 1.807) is 18.4 Å². The quantitative estimate of drug-likeness (QED) is 0.753. The van der Waals surface area contributed by atoms with Crippen molar-refractivity contribution in [2.75, 3.05) is 13.1 Å². The zero-order chi connectivity index (χ0) is 16.7. The van der Waals surface area contributed by atoms with E-state index in [0.717, 1.165) is 35.3 Å². The Bertz CT molecular complexity index is 941. The lowest BCUT2D eigenvalue weighted by Crippen LogP contribution is -2.18. The number of hydrogen-bond donors (Lipinski definition) is 1. The lowest BCUT2D eigenvalue weighted by atomic mass is 10.0. The third kappa shape index (κ3) is 2.54. The molecular formula is C18H13F3N2O. The van der Waals surface area contributed by atoms with Gasteiger partial charge in [0.05, 0.1) is 18.4 Å². The molecule has 24 heavy (non-hydrogen) atoms. The summed E-state index contributed by atoms with van der Waals surface area (Å²) < 4.78 is 44.2. The highest BCUT2D eigenvalue weighted by Gasteiger charge is 2.30. The van der Waals surface area contributed by atoms with Gasteiger partial charge in [-0.25, -0.2) is 0 Å². The monoisotopic (exact) mass is 330 g/mol. The number of nitrogens with zero attached hydrogens (tertiary/aromatic N) is 1. The smallest absolute Gasteiger partial charge is 0.416 e. The first-order valence-electron chi connectivity index (χ1n) is 7.50. The maximum atomic E-state index is 12.9. The molecular weight excluding hydrogens is 317 g/mol. The molecule has 0 fully saturated rings. The largest absolute Gasteiger partial charge is 0.460 e. The number of amidine groups is 1. The van der Waals surface area contributed by atoms with Crippen LogP contribution in [0.15, 0.2) is 58.1 Å². The molecule has 6 heteroatoms. The fraction of sp³-hybridized carbons (Fsp3) is 0.167. The summed E-state index contributed by atoms with van der Waals surface area (Å²) in [6, 6.07) is 10.8. The van der Waals surface area contributed by atoms with Gasteiger partial charge in [0.2, 0.25) is 0 Å². The first-order valence-corrected chi connectivity index (χ1v) is 7.50. The Morgan fingerprint density at radius 3 is 2.62 bits per heavy atom. The van der Waals surface area contributed by atoms with Crippen molar-refractivity contribution in [1.82, 2.24) is 5.32 Å². The number of halogens is 3. The van der Waals surface area contributed by atoms with E-state index >= 15 is 0 Å². The average molecular weight is 330 g/mol. The van der Waals surface area contributed by atoms with E-state index < -0.39 is 11.7 Å². The minimum Gasteiger partial charge on any atom is -0.460 e. The number of rotatable bonds is 2. The van der Waals surface area contributed by atoms with Crippen molar-refractivity contribution in [1.29, 1.82) is 0 Å². The van der Waals surface area contributed by atoms with Gasteiger partial charge in [0.25, 0.3) is 0 Å². The maximum Gasteiger partial charge on any atom is 0.416 e. The summed E-state index contributed by atoms with van der Waals surface area (Å²) >= 11 is 0. The molecule has 1 aromatic heterocycles. The van der Waals surface area contributed by atoms with Crippen LogP contribution < -0.4 is 5.32 Å². The molecule has 0 bridgehead atoms. The van der Waals surface area contributed by atoms with Crippen LogP contribution in [0.5, 0.6) is 0 Å². The van der Waals surface area contributed by atoms with Crippen molar-refractivity contribution < 1.29 is 17.6 Å². The first-order chi connectivity index (χ1) is 11.5. The van der Waals surface area contributed by atoms with Crippen molar-refractivity contribution in [2.45, 2.75) is 6.18 Å². The summed E-state index contributed by atoms with van der Waals surface area (Å²) in [5.74, 6) is 1.38. The van der Waals surface area contributed by atoms with Crippen LogP contribution in [0.2, 0.25) is 0 Å². The summed E-state index contributed by atoms with van der Waals surface area (Å²) in [6.07, 6.45) is -2.75. The Morgan fingerprint density at radius 1 is 1.04 bits per heavy atom. The van der Waals surface area contributed by atoms with Gasteiger partial charge in [-0.3, -0.25) is 4.99 Å².